The summed E-state index contributed by atoms with van der Waals surface area (Å²) in [5, 5.41) is 2.67. The summed E-state index contributed by atoms with van der Waals surface area (Å²) in [7, 11) is 4.48. The van der Waals surface area contributed by atoms with Crippen molar-refractivity contribution in [1.29, 1.82) is 0 Å². The van der Waals surface area contributed by atoms with Gasteiger partial charge in [-0.3, -0.25) is 4.79 Å². The minimum absolute atomic E-state index is 0. The maximum absolute atomic E-state index is 11.9. The third-order valence-corrected chi connectivity index (χ3v) is 2.38. The summed E-state index contributed by atoms with van der Waals surface area (Å²) < 4.78 is 15.6. The van der Waals surface area contributed by atoms with Gasteiger partial charge in [0.25, 0.3) is 5.91 Å². The van der Waals surface area contributed by atoms with E-state index in [0.717, 1.165) is 0 Å². The summed E-state index contributed by atoms with van der Waals surface area (Å²) in [6, 6.07) is 3.27. The Balaban J connectivity index is 0.00000324. The van der Waals surface area contributed by atoms with Crippen LogP contribution in [-0.4, -0.2) is 40.3 Å². The molecule has 1 rings (SSSR count). The molecule has 0 radical (unpaired) electrons. The van der Waals surface area contributed by atoms with Crippen molar-refractivity contribution in [1.82, 2.24) is 5.32 Å². The zero-order chi connectivity index (χ0) is 13.5. The molecule has 0 saturated carbocycles. The molecule has 1 aromatic carbocycles. The van der Waals surface area contributed by atoms with E-state index in [2.05, 4.69) is 5.32 Å². The van der Waals surface area contributed by atoms with Gasteiger partial charge in [0.1, 0.15) is 0 Å². The quantitative estimate of drug-likeness (QED) is 0.810. The lowest BCUT2D eigenvalue weighted by Gasteiger charge is -2.15. The van der Waals surface area contributed by atoms with Gasteiger partial charge < -0.3 is 25.3 Å². The Kier molecular flexibility index (Phi) is 7.71. The number of methoxy groups -OCH3 is 3. The maximum Gasteiger partial charge on any atom is 0.255 e. The fourth-order valence-corrected chi connectivity index (χ4v) is 1.56. The van der Waals surface area contributed by atoms with Gasteiger partial charge in [-0.25, -0.2) is 0 Å². The van der Waals surface area contributed by atoms with Gasteiger partial charge in [0.15, 0.2) is 11.5 Å². The number of hydrogen-bond donors (Lipinski definition) is 2. The van der Waals surface area contributed by atoms with E-state index in [0.29, 0.717) is 35.9 Å². The van der Waals surface area contributed by atoms with Crippen LogP contribution in [0.3, 0.4) is 0 Å². The Morgan fingerprint density at radius 1 is 1.16 bits per heavy atom. The lowest BCUT2D eigenvalue weighted by Crippen LogP contribution is -2.29. The predicted molar refractivity (Wildman–Crippen MR) is 74.7 cm³/mol. The molecule has 0 unspecified atom stereocenters. The van der Waals surface area contributed by atoms with E-state index in [1.165, 1.54) is 21.3 Å². The highest BCUT2D eigenvalue weighted by atomic mass is 35.5. The van der Waals surface area contributed by atoms with E-state index in [1.54, 1.807) is 12.1 Å². The first-order chi connectivity index (χ1) is 8.69. The van der Waals surface area contributed by atoms with Crippen molar-refractivity contribution in [2.75, 3.05) is 34.4 Å². The van der Waals surface area contributed by atoms with E-state index in [9.17, 15) is 4.79 Å². The largest absolute Gasteiger partial charge is 0.493 e. The van der Waals surface area contributed by atoms with Crippen molar-refractivity contribution in [3.8, 4) is 17.2 Å². The number of carbonyl (C=O) groups is 1. The number of halogens is 1. The van der Waals surface area contributed by atoms with E-state index >= 15 is 0 Å². The van der Waals surface area contributed by atoms with E-state index in [1.807, 2.05) is 0 Å². The summed E-state index contributed by atoms with van der Waals surface area (Å²) in [6.45, 7) is 0.775. The standard InChI is InChI=1S/C12H18N2O4.ClH/c1-16-9-5-4-8(12(15)14-7-6-13)10(17-2)11(9)18-3;/h4-5H,6-7,13H2,1-3H3,(H,14,15);1H. The van der Waals surface area contributed by atoms with Crippen molar-refractivity contribution in [3.05, 3.63) is 17.7 Å². The van der Waals surface area contributed by atoms with Gasteiger partial charge in [0.05, 0.1) is 26.9 Å². The van der Waals surface area contributed by atoms with Crippen molar-refractivity contribution in [2.45, 2.75) is 0 Å². The van der Waals surface area contributed by atoms with Crippen molar-refractivity contribution in [2.24, 2.45) is 5.73 Å². The molecular weight excluding hydrogens is 272 g/mol. The molecule has 0 spiro atoms. The average molecular weight is 291 g/mol. The lowest BCUT2D eigenvalue weighted by molar-refractivity contribution is 0.0951. The van der Waals surface area contributed by atoms with Crippen LogP contribution >= 0.6 is 12.4 Å². The van der Waals surface area contributed by atoms with E-state index in [-0.39, 0.29) is 18.3 Å². The first kappa shape index (κ1) is 17.3. The van der Waals surface area contributed by atoms with Gasteiger partial charge in [-0.2, -0.15) is 0 Å². The van der Waals surface area contributed by atoms with E-state index < -0.39 is 0 Å². The summed E-state index contributed by atoms with van der Waals surface area (Å²) in [5.41, 5.74) is 5.71. The van der Waals surface area contributed by atoms with Crippen LogP contribution < -0.4 is 25.3 Å². The number of hydrogen-bond acceptors (Lipinski definition) is 5. The normalized spacial score (nSPS) is 9.26. The molecule has 7 heteroatoms. The van der Waals surface area contributed by atoms with Gasteiger partial charge >= 0.3 is 0 Å². The van der Waals surface area contributed by atoms with Gasteiger partial charge in [0.2, 0.25) is 5.75 Å². The number of benzene rings is 1. The van der Waals surface area contributed by atoms with Crippen LogP contribution in [0.25, 0.3) is 0 Å². The molecule has 1 amide bonds. The minimum atomic E-state index is -0.266. The molecular formula is C12H19ClN2O4. The third kappa shape index (κ3) is 3.90. The predicted octanol–water partition coefficient (Wildman–Crippen LogP) is 0.823. The summed E-state index contributed by atoms with van der Waals surface area (Å²) >= 11 is 0. The molecule has 0 aromatic heterocycles. The van der Waals surface area contributed by atoms with E-state index in [4.69, 9.17) is 19.9 Å². The molecule has 6 nitrogen and oxygen atoms in total. The van der Waals surface area contributed by atoms with Crippen LogP contribution in [0, 0.1) is 0 Å². The Morgan fingerprint density at radius 2 is 1.79 bits per heavy atom. The fraction of sp³-hybridized carbons (Fsp3) is 0.417. The average Bonchev–Trinajstić information content (AvgIpc) is 2.42. The van der Waals surface area contributed by atoms with Gasteiger partial charge in [-0.1, -0.05) is 0 Å². The van der Waals surface area contributed by atoms with Crippen LogP contribution in [0.1, 0.15) is 10.4 Å². The second kappa shape index (κ2) is 8.44. The number of nitrogens with one attached hydrogen (secondary N) is 1. The highest BCUT2D eigenvalue weighted by Crippen LogP contribution is 2.39. The Bertz CT molecular complexity index is 426. The topological polar surface area (TPSA) is 82.8 Å². The number of amides is 1. The fourth-order valence-electron chi connectivity index (χ4n) is 1.56. The highest BCUT2D eigenvalue weighted by Gasteiger charge is 2.20. The number of ether oxygens (including phenoxy) is 3. The summed E-state index contributed by atoms with van der Waals surface area (Å²) in [5.74, 6) is 0.967. The first-order valence-electron chi connectivity index (χ1n) is 5.46. The van der Waals surface area contributed by atoms with Crippen molar-refractivity contribution >= 4 is 18.3 Å². The molecule has 0 fully saturated rings. The Hall–Kier alpha value is -1.66. The summed E-state index contributed by atoms with van der Waals surface area (Å²) in [6.07, 6.45) is 0. The van der Waals surface area contributed by atoms with Crippen LogP contribution in [0.15, 0.2) is 12.1 Å². The smallest absolute Gasteiger partial charge is 0.255 e. The molecule has 0 aliphatic rings. The van der Waals surface area contributed by atoms with Crippen LogP contribution in [0.2, 0.25) is 0 Å². The second-order valence-electron chi connectivity index (χ2n) is 3.43. The molecule has 108 valence electrons. The molecule has 1 aromatic rings. The molecule has 0 aliphatic heterocycles. The molecule has 0 bridgehead atoms. The molecule has 0 atom stereocenters. The molecule has 3 N–H and O–H groups in total. The number of carbonyl (C=O) groups excluding carboxylic acids is 1. The van der Waals surface area contributed by atoms with Crippen LogP contribution in [-0.2, 0) is 0 Å². The van der Waals surface area contributed by atoms with Crippen molar-refractivity contribution in [3.63, 3.8) is 0 Å². The molecule has 0 heterocycles. The minimum Gasteiger partial charge on any atom is -0.493 e. The third-order valence-electron chi connectivity index (χ3n) is 2.38. The molecule has 19 heavy (non-hydrogen) atoms. The zero-order valence-electron chi connectivity index (χ0n) is 11.2. The van der Waals surface area contributed by atoms with Gasteiger partial charge in [0, 0.05) is 13.1 Å². The first-order valence-corrected chi connectivity index (χ1v) is 5.46. The number of rotatable bonds is 6. The Labute approximate surface area is 118 Å². The monoisotopic (exact) mass is 290 g/mol. The van der Waals surface area contributed by atoms with Gasteiger partial charge in [-0.05, 0) is 12.1 Å². The SMILES string of the molecule is COc1ccc(C(=O)NCCN)c(OC)c1OC.Cl. The molecule has 0 saturated heterocycles. The highest BCUT2D eigenvalue weighted by molar-refractivity contribution is 5.98. The van der Waals surface area contributed by atoms with Crippen LogP contribution in [0.4, 0.5) is 0 Å². The molecule has 0 aliphatic carbocycles. The van der Waals surface area contributed by atoms with Crippen molar-refractivity contribution < 1.29 is 19.0 Å². The number of nitrogens with two attached hydrogens (primary N) is 1. The van der Waals surface area contributed by atoms with Gasteiger partial charge in [-0.15, -0.1) is 12.4 Å². The maximum atomic E-state index is 11.9. The lowest BCUT2D eigenvalue weighted by atomic mass is 10.1. The Morgan fingerprint density at radius 3 is 2.26 bits per heavy atom. The zero-order valence-corrected chi connectivity index (χ0v) is 12.0. The summed E-state index contributed by atoms with van der Waals surface area (Å²) in [4.78, 5) is 11.9. The second-order valence-corrected chi connectivity index (χ2v) is 3.43. The van der Waals surface area contributed by atoms with Crippen LogP contribution in [0.5, 0.6) is 17.2 Å².